The lowest BCUT2D eigenvalue weighted by Crippen LogP contribution is -2.54. The third kappa shape index (κ3) is 4.65. The van der Waals surface area contributed by atoms with Crippen LogP contribution in [0.25, 0.3) is 0 Å². The van der Waals surface area contributed by atoms with E-state index in [2.05, 4.69) is 10.0 Å². The first kappa shape index (κ1) is 19.6. The maximum absolute atomic E-state index is 13.8. The molecule has 0 saturated carbocycles. The number of hydrogen-bond donors (Lipinski definition) is 2. The van der Waals surface area contributed by atoms with Crippen LogP contribution in [0.5, 0.6) is 0 Å². The number of halogens is 2. The zero-order valence-electron chi connectivity index (χ0n) is 13.8. The van der Waals surface area contributed by atoms with Gasteiger partial charge in [0.2, 0.25) is 0 Å². The molecular weight excluding hydrogens is 357 g/mol. The van der Waals surface area contributed by atoms with Crippen LogP contribution in [0.15, 0.2) is 18.2 Å². The first-order chi connectivity index (χ1) is 11.3. The van der Waals surface area contributed by atoms with Gasteiger partial charge in [-0.2, -0.15) is 12.7 Å². The summed E-state index contributed by atoms with van der Waals surface area (Å²) in [6.07, 6.45) is 1.79. The van der Waals surface area contributed by atoms with Gasteiger partial charge in [0.1, 0.15) is 5.82 Å². The van der Waals surface area contributed by atoms with Crippen LogP contribution in [0.1, 0.15) is 18.4 Å². The minimum atomic E-state index is -3.77. The van der Waals surface area contributed by atoms with Crippen molar-refractivity contribution in [2.75, 3.05) is 33.9 Å². The number of nitrogens with one attached hydrogen (secondary N) is 2. The number of nitrogens with zero attached hydrogens (tertiary/aromatic N) is 1. The molecule has 1 atom stereocenters. The highest BCUT2D eigenvalue weighted by atomic mass is 35.5. The average molecular weight is 380 g/mol. The Kier molecular flexibility index (Phi) is 6.58. The lowest BCUT2D eigenvalue weighted by molar-refractivity contribution is 0.122. The van der Waals surface area contributed by atoms with Gasteiger partial charge in [-0.1, -0.05) is 17.7 Å². The molecule has 2 N–H and O–H groups in total. The van der Waals surface area contributed by atoms with Gasteiger partial charge in [0.05, 0.1) is 12.1 Å². The summed E-state index contributed by atoms with van der Waals surface area (Å²) in [6, 6.07) is 4.27. The highest BCUT2D eigenvalue weighted by Gasteiger charge is 2.35. The van der Waals surface area contributed by atoms with Crippen molar-refractivity contribution in [3.8, 4) is 0 Å². The highest BCUT2D eigenvalue weighted by Crippen LogP contribution is 2.22. The Labute approximate surface area is 147 Å². The molecule has 6 nitrogen and oxygen atoms in total. The van der Waals surface area contributed by atoms with E-state index in [-0.39, 0.29) is 23.7 Å². The second kappa shape index (κ2) is 8.07. The van der Waals surface area contributed by atoms with Crippen LogP contribution in [0.4, 0.5) is 4.39 Å². The van der Waals surface area contributed by atoms with E-state index in [1.807, 2.05) is 0 Å². The van der Waals surface area contributed by atoms with E-state index in [1.165, 1.54) is 25.2 Å². The number of benzene rings is 1. The van der Waals surface area contributed by atoms with Crippen LogP contribution in [-0.4, -0.2) is 52.1 Å². The Hall–Kier alpha value is -0.770. The van der Waals surface area contributed by atoms with Gasteiger partial charge in [-0.25, -0.2) is 9.11 Å². The fourth-order valence-corrected chi connectivity index (χ4v) is 4.00. The van der Waals surface area contributed by atoms with Crippen LogP contribution in [0.2, 0.25) is 5.02 Å². The Bertz CT molecular complexity index is 646. The predicted octanol–water partition coefficient (Wildman–Crippen LogP) is 1.51. The first-order valence-corrected chi connectivity index (χ1v) is 9.49. The smallest absolute Gasteiger partial charge is 0.279 e. The number of hydrogen-bond acceptors (Lipinski definition) is 4. The van der Waals surface area contributed by atoms with Gasteiger partial charge < -0.3 is 10.1 Å². The van der Waals surface area contributed by atoms with E-state index in [0.29, 0.717) is 6.61 Å². The summed E-state index contributed by atoms with van der Waals surface area (Å²) in [6.45, 7) is 1.30. The van der Waals surface area contributed by atoms with Crippen molar-refractivity contribution in [3.05, 3.63) is 34.6 Å². The minimum absolute atomic E-state index is 0.147. The molecule has 1 aliphatic heterocycles. The standard InChI is InChI=1S/C15H23ClFN3O3S/c1-20(9-12-13(16)5-3-6-14(12)17)24(21,22)19-10-15(11-23-2)7-4-8-18-15/h3,5-6,18-19H,4,7-11H2,1-2H3. The van der Waals surface area contributed by atoms with Crippen molar-refractivity contribution >= 4 is 21.8 Å². The summed E-state index contributed by atoms with van der Waals surface area (Å²) < 4.78 is 47.5. The summed E-state index contributed by atoms with van der Waals surface area (Å²) in [5, 5.41) is 3.50. The minimum Gasteiger partial charge on any atom is -0.383 e. The van der Waals surface area contributed by atoms with Crippen molar-refractivity contribution < 1.29 is 17.5 Å². The van der Waals surface area contributed by atoms with Gasteiger partial charge in [-0.05, 0) is 31.5 Å². The molecule has 0 amide bonds. The van der Waals surface area contributed by atoms with Crippen molar-refractivity contribution in [1.82, 2.24) is 14.3 Å². The Balaban J connectivity index is 2.04. The summed E-state index contributed by atoms with van der Waals surface area (Å²) in [4.78, 5) is 0. The zero-order chi connectivity index (χ0) is 17.8. The third-order valence-electron chi connectivity index (χ3n) is 4.20. The largest absolute Gasteiger partial charge is 0.383 e. The predicted molar refractivity (Wildman–Crippen MR) is 91.6 cm³/mol. The molecule has 0 aliphatic carbocycles. The molecule has 0 aromatic heterocycles. The van der Waals surface area contributed by atoms with Crippen LogP contribution < -0.4 is 10.0 Å². The number of rotatable bonds is 8. The summed E-state index contributed by atoms with van der Waals surface area (Å²) in [5.41, 5.74) is -0.254. The van der Waals surface area contributed by atoms with Crippen molar-refractivity contribution in [2.24, 2.45) is 0 Å². The fourth-order valence-electron chi connectivity index (χ4n) is 2.80. The monoisotopic (exact) mass is 379 g/mol. The summed E-state index contributed by atoms with van der Waals surface area (Å²) in [7, 11) is -0.802. The molecule has 1 saturated heterocycles. The highest BCUT2D eigenvalue weighted by molar-refractivity contribution is 7.87. The van der Waals surface area contributed by atoms with Crippen LogP contribution in [-0.2, 0) is 21.5 Å². The molecule has 1 heterocycles. The Morgan fingerprint density at radius 2 is 2.25 bits per heavy atom. The van der Waals surface area contributed by atoms with Gasteiger partial charge in [0, 0.05) is 37.8 Å². The quantitative estimate of drug-likeness (QED) is 0.718. The molecule has 9 heteroatoms. The van der Waals surface area contributed by atoms with Crippen LogP contribution >= 0.6 is 11.6 Å². The number of ether oxygens (including phenoxy) is 1. The first-order valence-electron chi connectivity index (χ1n) is 7.67. The molecule has 0 spiro atoms. The van der Waals surface area contributed by atoms with E-state index >= 15 is 0 Å². The fraction of sp³-hybridized carbons (Fsp3) is 0.600. The molecule has 136 valence electrons. The third-order valence-corrected chi connectivity index (χ3v) is 6.01. The van der Waals surface area contributed by atoms with Crippen LogP contribution in [0.3, 0.4) is 0 Å². The summed E-state index contributed by atoms with van der Waals surface area (Å²) >= 11 is 5.96. The second-order valence-corrected chi connectivity index (χ2v) is 8.30. The molecule has 2 rings (SSSR count). The molecule has 1 aromatic rings. The Morgan fingerprint density at radius 3 is 2.83 bits per heavy atom. The molecule has 24 heavy (non-hydrogen) atoms. The molecule has 1 aromatic carbocycles. The molecule has 1 aliphatic rings. The van der Waals surface area contributed by atoms with Crippen LogP contribution in [0, 0.1) is 5.82 Å². The number of methoxy groups -OCH3 is 1. The van der Waals surface area contributed by atoms with Gasteiger partial charge in [-0.15, -0.1) is 0 Å². The van der Waals surface area contributed by atoms with Gasteiger partial charge in [0.25, 0.3) is 10.2 Å². The van der Waals surface area contributed by atoms with Crippen molar-refractivity contribution in [2.45, 2.75) is 24.9 Å². The van der Waals surface area contributed by atoms with E-state index in [1.54, 1.807) is 7.11 Å². The molecule has 1 fully saturated rings. The lowest BCUT2D eigenvalue weighted by Gasteiger charge is -2.30. The van der Waals surface area contributed by atoms with Gasteiger partial charge >= 0.3 is 0 Å². The molecule has 0 bridgehead atoms. The van der Waals surface area contributed by atoms with Crippen molar-refractivity contribution in [3.63, 3.8) is 0 Å². The maximum atomic E-state index is 13.8. The lowest BCUT2D eigenvalue weighted by atomic mass is 9.99. The topological polar surface area (TPSA) is 70.7 Å². The van der Waals surface area contributed by atoms with E-state index in [9.17, 15) is 12.8 Å². The summed E-state index contributed by atoms with van der Waals surface area (Å²) in [5.74, 6) is -0.530. The van der Waals surface area contributed by atoms with Crippen molar-refractivity contribution in [1.29, 1.82) is 0 Å². The second-order valence-electron chi connectivity index (χ2n) is 6.03. The average Bonchev–Trinajstić information content (AvgIpc) is 2.98. The van der Waals surface area contributed by atoms with Gasteiger partial charge in [-0.3, -0.25) is 0 Å². The molecular formula is C15H23ClFN3O3S. The molecule has 0 radical (unpaired) electrons. The van der Waals surface area contributed by atoms with E-state index < -0.39 is 21.6 Å². The van der Waals surface area contributed by atoms with E-state index in [4.69, 9.17) is 16.3 Å². The SMILES string of the molecule is COCC1(CNS(=O)(=O)N(C)Cc2c(F)cccc2Cl)CCCN1. The van der Waals surface area contributed by atoms with Gasteiger partial charge in [0.15, 0.2) is 0 Å². The maximum Gasteiger partial charge on any atom is 0.279 e. The molecule has 1 unspecified atom stereocenters. The van der Waals surface area contributed by atoms with E-state index in [0.717, 1.165) is 23.7 Å². The normalized spacial score (nSPS) is 21.5. The zero-order valence-corrected chi connectivity index (χ0v) is 15.4. The Morgan fingerprint density at radius 1 is 1.50 bits per heavy atom.